The Morgan fingerprint density at radius 1 is 0.800 bits per heavy atom. The van der Waals surface area contributed by atoms with E-state index >= 15 is 0 Å². The molecule has 0 aliphatic carbocycles. The molecule has 2 heteroatoms. The molecule has 1 atom stereocenters. The molecule has 2 nitrogen and oxygen atoms in total. The van der Waals surface area contributed by atoms with Crippen LogP contribution < -0.4 is 0 Å². The first-order valence-electron chi connectivity index (χ1n) is 8.88. The lowest BCUT2D eigenvalue weighted by Crippen LogP contribution is -1.95. The molecule has 0 heterocycles. The van der Waals surface area contributed by atoms with E-state index in [2.05, 4.69) is 13.8 Å². The van der Waals surface area contributed by atoms with Crippen LogP contribution in [0.5, 0.6) is 0 Å². The van der Waals surface area contributed by atoms with Crippen molar-refractivity contribution in [2.45, 2.75) is 104 Å². The van der Waals surface area contributed by atoms with Gasteiger partial charge >= 0.3 is 5.97 Å². The molecular formula is C18H36O2. The van der Waals surface area contributed by atoms with E-state index in [1.165, 1.54) is 70.6 Å². The van der Waals surface area contributed by atoms with Crippen LogP contribution in [-0.2, 0) is 4.79 Å². The van der Waals surface area contributed by atoms with Crippen LogP contribution in [0.4, 0.5) is 0 Å². The van der Waals surface area contributed by atoms with Crippen LogP contribution >= 0.6 is 0 Å². The number of carboxylic acid groups (broad SMARTS) is 1. The molecule has 0 saturated carbocycles. The van der Waals surface area contributed by atoms with Gasteiger partial charge in [0.15, 0.2) is 0 Å². The van der Waals surface area contributed by atoms with E-state index in [0.717, 1.165) is 18.8 Å². The minimum atomic E-state index is -0.655. The molecule has 1 N–H and O–H groups in total. The lowest BCUT2D eigenvalue weighted by Gasteiger charge is -2.10. The Hall–Kier alpha value is -0.530. The van der Waals surface area contributed by atoms with Crippen molar-refractivity contribution in [3.8, 4) is 0 Å². The summed E-state index contributed by atoms with van der Waals surface area (Å²) in [4.78, 5) is 10.3. The van der Waals surface area contributed by atoms with Gasteiger partial charge in [0.1, 0.15) is 0 Å². The van der Waals surface area contributed by atoms with Crippen molar-refractivity contribution in [1.82, 2.24) is 0 Å². The fraction of sp³-hybridized carbons (Fsp3) is 0.944. The Morgan fingerprint density at radius 2 is 1.25 bits per heavy atom. The molecule has 0 aliphatic heterocycles. The van der Waals surface area contributed by atoms with Crippen molar-refractivity contribution >= 4 is 5.97 Å². The van der Waals surface area contributed by atoms with Gasteiger partial charge in [0.2, 0.25) is 0 Å². The number of hydrogen-bond acceptors (Lipinski definition) is 1. The number of carboxylic acids is 1. The fourth-order valence-electron chi connectivity index (χ4n) is 2.72. The molecule has 0 aliphatic rings. The Labute approximate surface area is 126 Å². The van der Waals surface area contributed by atoms with Gasteiger partial charge in [0.25, 0.3) is 0 Å². The number of rotatable bonds is 15. The highest BCUT2D eigenvalue weighted by atomic mass is 16.4. The van der Waals surface area contributed by atoms with Crippen LogP contribution in [0.3, 0.4) is 0 Å². The average Bonchev–Trinajstić information content (AvgIpc) is 2.41. The predicted octanol–water partition coefficient (Wildman–Crippen LogP) is 6.19. The van der Waals surface area contributed by atoms with Gasteiger partial charge in [-0.3, -0.25) is 4.79 Å². The van der Waals surface area contributed by atoms with Crippen molar-refractivity contribution in [2.75, 3.05) is 0 Å². The third-order valence-corrected chi connectivity index (χ3v) is 4.14. The first kappa shape index (κ1) is 19.5. The number of unbranched alkanes of at least 4 members (excludes halogenated alkanes) is 9. The van der Waals surface area contributed by atoms with Gasteiger partial charge in [0.05, 0.1) is 0 Å². The van der Waals surface area contributed by atoms with E-state index in [0.29, 0.717) is 6.42 Å². The molecule has 0 aromatic rings. The fourth-order valence-corrected chi connectivity index (χ4v) is 2.72. The summed E-state index contributed by atoms with van der Waals surface area (Å²) < 4.78 is 0. The summed E-state index contributed by atoms with van der Waals surface area (Å²) in [5.74, 6) is 0.250. The zero-order valence-corrected chi connectivity index (χ0v) is 13.8. The summed E-state index contributed by atoms with van der Waals surface area (Å²) in [7, 11) is 0. The van der Waals surface area contributed by atoms with Crippen LogP contribution in [0.1, 0.15) is 104 Å². The minimum Gasteiger partial charge on any atom is -0.481 e. The highest BCUT2D eigenvalue weighted by Gasteiger charge is 2.02. The molecule has 0 spiro atoms. The maximum atomic E-state index is 10.3. The first-order valence-corrected chi connectivity index (χ1v) is 8.88. The Balaban J connectivity index is 3.13. The van der Waals surface area contributed by atoms with E-state index < -0.39 is 5.97 Å². The molecule has 1 unspecified atom stereocenters. The monoisotopic (exact) mass is 284 g/mol. The van der Waals surface area contributed by atoms with E-state index in [4.69, 9.17) is 5.11 Å². The predicted molar refractivity (Wildman–Crippen MR) is 87.1 cm³/mol. The number of aliphatic carboxylic acids is 1. The third-order valence-electron chi connectivity index (χ3n) is 4.14. The van der Waals surface area contributed by atoms with Gasteiger partial charge in [0, 0.05) is 6.42 Å². The third kappa shape index (κ3) is 15.5. The zero-order valence-electron chi connectivity index (χ0n) is 13.8. The smallest absolute Gasteiger partial charge is 0.303 e. The maximum absolute atomic E-state index is 10.3. The number of carbonyl (C=O) groups is 1. The summed E-state index contributed by atoms with van der Waals surface area (Å²) in [6.45, 7) is 4.67. The molecule has 0 amide bonds. The molecule has 0 rings (SSSR count). The molecular weight excluding hydrogens is 248 g/mol. The second-order valence-corrected chi connectivity index (χ2v) is 6.36. The van der Waals surface area contributed by atoms with Crippen LogP contribution in [0.25, 0.3) is 0 Å². The molecule has 120 valence electrons. The highest BCUT2D eigenvalue weighted by molar-refractivity contribution is 5.66. The van der Waals surface area contributed by atoms with Crippen molar-refractivity contribution in [2.24, 2.45) is 5.92 Å². The standard InChI is InChI=1S/C18H36O2/c1-3-4-5-11-14-17(2)15-12-9-7-6-8-10-13-16-18(19)20/h17H,3-16H2,1-2H3,(H,19,20). The summed E-state index contributed by atoms with van der Waals surface area (Å²) in [5, 5.41) is 8.53. The molecule has 20 heavy (non-hydrogen) atoms. The highest BCUT2D eigenvalue weighted by Crippen LogP contribution is 2.18. The second-order valence-electron chi connectivity index (χ2n) is 6.36. The van der Waals surface area contributed by atoms with Crippen molar-refractivity contribution in [3.05, 3.63) is 0 Å². The van der Waals surface area contributed by atoms with E-state index in [1.807, 2.05) is 0 Å². The number of hydrogen-bond donors (Lipinski definition) is 1. The normalized spacial score (nSPS) is 12.5. The quantitative estimate of drug-likeness (QED) is 0.364. The molecule has 0 aromatic heterocycles. The van der Waals surface area contributed by atoms with Gasteiger partial charge in [-0.1, -0.05) is 90.9 Å². The second kappa shape index (κ2) is 14.9. The molecule has 0 fully saturated rings. The van der Waals surface area contributed by atoms with E-state index in [-0.39, 0.29) is 0 Å². The van der Waals surface area contributed by atoms with Crippen LogP contribution in [0.2, 0.25) is 0 Å². The SMILES string of the molecule is CCCCCCC(C)CCCCCCCCCC(=O)O. The van der Waals surface area contributed by atoms with Gasteiger partial charge in [-0.25, -0.2) is 0 Å². The van der Waals surface area contributed by atoms with Gasteiger partial charge < -0.3 is 5.11 Å². The van der Waals surface area contributed by atoms with Crippen LogP contribution in [0, 0.1) is 5.92 Å². The summed E-state index contributed by atoms with van der Waals surface area (Å²) in [5.41, 5.74) is 0. The van der Waals surface area contributed by atoms with Crippen molar-refractivity contribution in [3.63, 3.8) is 0 Å². The minimum absolute atomic E-state index is 0.343. The van der Waals surface area contributed by atoms with Crippen LogP contribution in [0.15, 0.2) is 0 Å². The largest absolute Gasteiger partial charge is 0.481 e. The Bertz CT molecular complexity index is 213. The van der Waals surface area contributed by atoms with E-state index in [1.54, 1.807) is 0 Å². The zero-order chi connectivity index (χ0) is 15.1. The lowest BCUT2D eigenvalue weighted by molar-refractivity contribution is -0.137. The van der Waals surface area contributed by atoms with Gasteiger partial charge in [-0.05, 0) is 12.3 Å². The Morgan fingerprint density at radius 3 is 1.75 bits per heavy atom. The average molecular weight is 284 g/mol. The molecule has 0 saturated heterocycles. The lowest BCUT2D eigenvalue weighted by atomic mass is 9.96. The molecule has 0 aromatic carbocycles. The van der Waals surface area contributed by atoms with Gasteiger partial charge in [-0.15, -0.1) is 0 Å². The first-order chi connectivity index (χ1) is 9.66. The topological polar surface area (TPSA) is 37.3 Å². The van der Waals surface area contributed by atoms with Crippen molar-refractivity contribution < 1.29 is 9.90 Å². The van der Waals surface area contributed by atoms with E-state index in [9.17, 15) is 4.79 Å². The maximum Gasteiger partial charge on any atom is 0.303 e. The molecule has 0 radical (unpaired) electrons. The summed E-state index contributed by atoms with van der Waals surface area (Å²) in [6, 6.07) is 0. The van der Waals surface area contributed by atoms with Crippen molar-refractivity contribution in [1.29, 1.82) is 0 Å². The van der Waals surface area contributed by atoms with Gasteiger partial charge in [-0.2, -0.15) is 0 Å². The summed E-state index contributed by atoms with van der Waals surface area (Å²) in [6.07, 6.45) is 17.2. The summed E-state index contributed by atoms with van der Waals surface area (Å²) >= 11 is 0. The Kier molecular flexibility index (Phi) is 14.5. The van der Waals surface area contributed by atoms with Crippen LogP contribution in [-0.4, -0.2) is 11.1 Å². The molecule has 0 bridgehead atoms.